The van der Waals surface area contributed by atoms with E-state index in [1.807, 2.05) is 18.2 Å². The Hall–Kier alpha value is -2.23. The number of ether oxygens (including phenoxy) is 1. The highest BCUT2D eigenvalue weighted by Gasteiger charge is 2.07. The predicted octanol–water partition coefficient (Wildman–Crippen LogP) is 2.97. The number of nitrogens with zero attached hydrogens (tertiary/aromatic N) is 1. The fourth-order valence-electron chi connectivity index (χ4n) is 1.77. The van der Waals surface area contributed by atoms with Gasteiger partial charge in [-0.15, -0.1) is 0 Å². The van der Waals surface area contributed by atoms with Gasteiger partial charge in [0.2, 0.25) is 0 Å². The maximum atomic E-state index is 9.70. The molecule has 0 saturated carbocycles. The lowest BCUT2D eigenvalue weighted by Gasteiger charge is -2.16. The summed E-state index contributed by atoms with van der Waals surface area (Å²) in [5, 5.41) is 13.0. The lowest BCUT2D eigenvalue weighted by molar-refractivity contribution is 0.373. The van der Waals surface area contributed by atoms with Crippen LogP contribution in [0.2, 0.25) is 0 Å². The minimum atomic E-state index is 0.129. The normalized spacial score (nSPS) is 11.9. The van der Waals surface area contributed by atoms with Crippen LogP contribution in [0, 0.1) is 0 Å². The third kappa shape index (κ3) is 2.71. The van der Waals surface area contributed by atoms with Crippen molar-refractivity contribution < 1.29 is 9.84 Å². The number of hydrogen-bond acceptors (Lipinski definition) is 4. The minimum Gasteiger partial charge on any atom is -0.504 e. The number of hydrogen-bond donors (Lipinski definition) is 2. The molecule has 2 N–H and O–H groups in total. The summed E-state index contributed by atoms with van der Waals surface area (Å²) < 4.78 is 5.00. The Kier molecular flexibility index (Phi) is 3.67. The van der Waals surface area contributed by atoms with Crippen LogP contribution in [0.25, 0.3) is 0 Å². The molecule has 0 radical (unpaired) electrons. The molecular formula is C14H16N2O2. The Bertz CT molecular complexity index is 514. The van der Waals surface area contributed by atoms with Crippen molar-refractivity contribution in [3.63, 3.8) is 0 Å². The highest BCUT2D eigenvalue weighted by molar-refractivity contribution is 5.55. The van der Waals surface area contributed by atoms with E-state index in [1.54, 1.807) is 24.5 Å². The molecule has 18 heavy (non-hydrogen) atoms. The summed E-state index contributed by atoms with van der Waals surface area (Å²) in [6.07, 6.45) is 3.53. The van der Waals surface area contributed by atoms with Crippen molar-refractivity contribution in [2.75, 3.05) is 12.4 Å². The summed E-state index contributed by atoms with van der Waals surface area (Å²) >= 11 is 0. The number of methoxy groups -OCH3 is 1. The number of rotatable bonds is 4. The van der Waals surface area contributed by atoms with E-state index in [9.17, 15) is 5.11 Å². The van der Waals surface area contributed by atoms with Crippen molar-refractivity contribution in [2.45, 2.75) is 13.0 Å². The van der Waals surface area contributed by atoms with Gasteiger partial charge in [0, 0.05) is 30.2 Å². The molecule has 0 aliphatic rings. The molecule has 4 nitrogen and oxygen atoms in total. The number of benzene rings is 1. The molecule has 1 heterocycles. The number of phenolic OH excluding ortho intramolecular Hbond substituents is 1. The van der Waals surface area contributed by atoms with Crippen LogP contribution < -0.4 is 10.1 Å². The van der Waals surface area contributed by atoms with Gasteiger partial charge in [0.15, 0.2) is 11.5 Å². The topological polar surface area (TPSA) is 54.4 Å². The van der Waals surface area contributed by atoms with Crippen LogP contribution in [0.5, 0.6) is 11.5 Å². The molecular weight excluding hydrogens is 228 g/mol. The average molecular weight is 244 g/mol. The average Bonchev–Trinajstić information content (AvgIpc) is 2.40. The number of phenols is 1. The van der Waals surface area contributed by atoms with Crippen molar-refractivity contribution >= 4 is 5.69 Å². The first-order chi connectivity index (χ1) is 8.70. The summed E-state index contributed by atoms with van der Waals surface area (Å²) in [6.45, 7) is 2.05. The molecule has 4 heteroatoms. The highest BCUT2D eigenvalue weighted by atomic mass is 16.5. The van der Waals surface area contributed by atoms with Gasteiger partial charge in [0.25, 0.3) is 0 Å². The van der Waals surface area contributed by atoms with Crippen molar-refractivity contribution in [3.8, 4) is 11.5 Å². The predicted molar refractivity (Wildman–Crippen MR) is 70.9 cm³/mol. The molecule has 0 amide bonds. The zero-order chi connectivity index (χ0) is 13.0. The third-order valence-electron chi connectivity index (χ3n) is 2.77. The molecule has 2 rings (SSSR count). The summed E-state index contributed by atoms with van der Waals surface area (Å²) in [5.74, 6) is 0.599. The number of pyridine rings is 1. The molecule has 0 saturated heterocycles. The fraction of sp³-hybridized carbons (Fsp3) is 0.214. The molecule has 1 atom stereocenters. The van der Waals surface area contributed by atoms with Crippen molar-refractivity contribution in [1.29, 1.82) is 0 Å². The summed E-state index contributed by atoms with van der Waals surface area (Å²) in [7, 11) is 1.53. The molecule has 94 valence electrons. The van der Waals surface area contributed by atoms with E-state index in [-0.39, 0.29) is 11.8 Å². The second kappa shape index (κ2) is 5.40. The van der Waals surface area contributed by atoms with Crippen LogP contribution >= 0.6 is 0 Å². The van der Waals surface area contributed by atoms with Gasteiger partial charge in [-0.25, -0.2) is 0 Å². The van der Waals surface area contributed by atoms with Gasteiger partial charge in [0.1, 0.15) is 0 Å². The molecule has 1 unspecified atom stereocenters. The second-order valence-electron chi connectivity index (χ2n) is 4.03. The molecule has 0 fully saturated rings. The Labute approximate surface area is 106 Å². The standard InChI is InChI=1S/C14H16N2O2/c1-10(11-5-7-15-8-6-11)16-12-3-4-14(18-2)13(17)9-12/h3-10,16-17H,1-2H3. The van der Waals surface area contributed by atoms with Crippen LogP contribution in [0.1, 0.15) is 18.5 Å². The smallest absolute Gasteiger partial charge is 0.160 e. The molecule has 0 aliphatic carbocycles. The molecule has 0 bridgehead atoms. The zero-order valence-corrected chi connectivity index (χ0v) is 10.4. The van der Waals surface area contributed by atoms with Gasteiger partial charge in [-0.2, -0.15) is 0 Å². The minimum absolute atomic E-state index is 0.129. The Balaban J connectivity index is 2.12. The molecule has 2 aromatic rings. The number of aromatic nitrogens is 1. The number of nitrogens with one attached hydrogen (secondary N) is 1. The Morgan fingerprint density at radius 2 is 1.94 bits per heavy atom. The molecule has 1 aromatic carbocycles. The highest BCUT2D eigenvalue weighted by Crippen LogP contribution is 2.30. The van der Waals surface area contributed by atoms with Gasteiger partial charge < -0.3 is 15.2 Å². The summed E-state index contributed by atoms with van der Waals surface area (Å²) in [5.41, 5.74) is 1.98. The van der Waals surface area contributed by atoms with Crippen LogP contribution in [0.4, 0.5) is 5.69 Å². The fourth-order valence-corrected chi connectivity index (χ4v) is 1.77. The van der Waals surface area contributed by atoms with Crippen LogP contribution in [-0.2, 0) is 0 Å². The summed E-state index contributed by atoms with van der Waals surface area (Å²) in [6, 6.07) is 9.31. The van der Waals surface area contributed by atoms with Crippen LogP contribution in [0.15, 0.2) is 42.7 Å². The molecule has 0 spiro atoms. The Morgan fingerprint density at radius 3 is 2.56 bits per heavy atom. The SMILES string of the molecule is COc1ccc(NC(C)c2ccncc2)cc1O. The maximum Gasteiger partial charge on any atom is 0.160 e. The van der Waals surface area contributed by atoms with Gasteiger partial charge in [-0.3, -0.25) is 4.98 Å². The zero-order valence-electron chi connectivity index (χ0n) is 10.4. The van der Waals surface area contributed by atoms with Crippen molar-refractivity contribution in [3.05, 3.63) is 48.3 Å². The van der Waals surface area contributed by atoms with E-state index in [1.165, 1.54) is 7.11 Å². The van der Waals surface area contributed by atoms with E-state index in [0.29, 0.717) is 5.75 Å². The van der Waals surface area contributed by atoms with Gasteiger partial charge in [-0.1, -0.05) is 0 Å². The first-order valence-electron chi connectivity index (χ1n) is 5.74. The van der Waals surface area contributed by atoms with Crippen LogP contribution in [0.3, 0.4) is 0 Å². The van der Waals surface area contributed by atoms with Crippen molar-refractivity contribution in [2.24, 2.45) is 0 Å². The van der Waals surface area contributed by atoms with Gasteiger partial charge >= 0.3 is 0 Å². The van der Waals surface area contributed by atoms with E-state index >= 15 is 0 Å². The lowest BCUT2D eigenvalue weighted by Crippen LogP contribution is -2.06. The monoisotopic (exact) mass is 244 g/mol. The number of aromatic hydroxyl groups is 1. The lowest BCUT2D eigenvalue weighted by atomic mass is 10.1. The van der Waals surface area contributed by atoms with E-state index in [4.69, 9.17) is 4.74 Å². The van der Waals surface area contributed by atoms with Crippen molar-refractivity contribution in [1.82, 2.24) is 4.98 Å². The second-order valence-corrected chi connectivity index (χ2v) is 4.03. The summed E-state index contributed by atoms with van der Waals surface area (Å²) in [4.78, 5) is 3.99. The van der Waals surface area contributed by atoms with Gasteiger partial charge in [0.05, 0.1) is 7.11 Å². The van der Waals surface area contributed by atoms with E-state index < -0.39 is 0 Å². The quantitative estimate of drug-likeness (QED) is 0.868. The molecule has 1 aromatic heterocycles. The first-order valence-corrected chi connectivity index (χ1v) is 5.74. The van der Waals surface area contributed by atoms with Gasteiger partial charge in [-0.05, 0) is 36.8 Å². The number of anilines is 1. The maximum absolute atomic E-state index is 9.70. The van der Waals surface area contributed by atoms with E-state index in [2.05, 4.69) is 17.2 Å². The first kappa shape index (κ1) is 12.2. The largest absolute Gasteiger partial charge is 0.504 e. The molecule has 0 aliphatic heterocycles. The third-order valence-corrected chi connectivity index (χ3v) is 2.77. The van der Waals surface area contributed by atoms with E-state index in [0.717, 1.165) is 11.3 Å². The Morgan fingerprint density at radius 1 is 1.22 bits per heavy atom. The van der Waals surface area contributed by atoms with Crippen LogP contribution in [-0.4, -0.2) is 17.2 Å².